The maximum absolute atomic E-state index is 13.6. The monoisotopic (exact) mass is 544 g/mol. The summed E-state index contributed by atoms with van der Waals surface area (Å²) in [7, 11) is -2.21. The summed E-state index contributed by atoms with van der Waals surface area (Å²) in [6.45, 7) is 17.0. The number of hydrogen-bond acceptors (Lipinski definition) is 9. The first-order valence-electron chi connectivity index (χ1n) is 12.2. The van der Waals surface area contributed by atoms with Crippen molar-refractivity contribution in [2.75, 3.05) is 37.9 Å². The number of ether oxygens (including phenoxy) is 2. The van der Waals surface area contributed by atoms with Crippen LogP contribution in [0.4, 0.5) is 0 Å². The second-order valence-corrected chi connectivity index (χ2v) is 19.2. The van der Waals surface area contributed by atoms with Gasteiger partial charge in [-0.1, -0.05) is 56.2 Å². The van der Waals surface area contributed by atoms with Crippen LogP contribution < -0.4 is 0 Å². The Hall–Kier alpha value is 0.907. The minimum absolute atomic E-state index is 0.0708. The van der Waals surface area contributed by atoms with Crippen molar-refractivity contribution < 1.29 is 32.0 Å². The zero-order valence-electron chi connectivity index (χ0n) is 21.5. The Balaban J connectivity index is 1.97. The fourth-order valence-electron chi connectivity index (χ4n) is 3.42. The van der Waals surface area contributed by atoms with Crippen LogP contribution in [0.25, 0.3) is 0 Å². The van der Waals surface area contributed by atoms with Crippen LogP contribution in [0.2, 0.25) is 18.1 Å². The molecule has 0 radical (unpaired) electrons. The standard InChI is InChI=1S/C22H45O7PS2Si/c1-8-15-31-32-16-14-26-30(23,28-19-10-12-24-18(19)9-2)27-17-21-20(11-13-25-21)29-33(6,7)22(3,4)5/h18-21H,8-17H2,1-7H3/t18-,19-,20-,21-,30+/m1/s1. The average molecular weight is 545 g/mol. The fraction of sp³-hybridized carbons (Fsp3) is 1.00. The van der Waals surface area contributed by atoms with E-state index in [1.54, 1.807) is 21.6 Å². The molecular formula is C22H45O7PS2Si. The van der Waals surface area contributed by atoms with Crippen LogP contribution in [0.3, 0.4) is 0 Å². The van der Waals surface area contributed by atoms with Gasteiger partial charge < -0.3 is 13.9 Å². The molecule has 2 rings (SSSR count). The average Bonchev–Trinajstić information content (AvgIpc) is 3.36. The molecule has 0 aromatic heterocycles. The lowest BCUT2D eigenvalue weighted by Crippen LogP contribution is -2.46. The number of phosphoric acid groups is 1. The van der Waals surface area contributed by atoms with Crippen LogP contribution in [0.1, 0.15) is 60.3 Å². The normalized spacial score (nSPS) is 28.3. The quantitative estimate of drug-likeness (QED) is 0.0971. The molecule has 2 fully saturated rings. The van der Waals surface area contributed by atoms with Gasteiger partial charge in [-0.25, -0.2) is 4.57 Å². The third kappa shape index (κ3) is 9.71. The van der Waals surface area contributed by atoms with Crippen molar-refractivity contribution in [1.29, 1.82) is 0 Å². The first-order valence-corrected chi connectivity index (χ1v) is 19.1. The largest absolute Gasteiger partial charge is 0.475 e. The molecule has 0 bridgehead atoms. The van der Waals surface area contributed by atoms with Crippen molar-refractivity contribution in [2.45, 2.75) is 103 Å². The first kappa shape index (κ1) is 30.1. The van der Waals surface area contributed by atoms with E-state index in [2.05, 4.69) is 40.8 Å². The highest BCUT2D eigenvalue weighted by atomic mass is 33.1. The molecule has 2 aliphatic heterocycles. The van der Waals surface area contributed by atoms with E-state index >= 15 is 0 Å². The molecule has 11 heteroatoms. The van der Waals surface area contributed by atoms with E-state index in [4.69, 9.17) is 27.5 Å². The van der Waals surface area contributed by atoms with Gasteiger partial charge in [0.2, 0.25) is 0 Å². The second-order valence-electron chi connectivity index (χ2n) is 10.1. The highest BCUT2D eigenvalue weighted by Crippen LogP contribution is 2.53. The van der Waals surface area contributed by atoms with Crippen molar-refractivity contribution in [3.8, 4) is 0 Å². The lowest BCUT2D eigenvalue weighted by Gasteiger charge is -2.39. The minimum atomic E-state index is -3.76. The highest BCUT2D eigenvalue weighted by Gasteiger charge is 2.44. The third-order valence-electron chi connectivity index (χ3n) is 6.40. The maximum Gasteiger partial charge on any atom is 0.475 e. The lowest BCUT2D eigenvalue weighted by molar-refractivity contribution is -0.0128. The molecule has 7 nitrogen and oxygen atoms in total. The molecule has 2 aliphatic rings. The van der Waals surface area contributed by atoms with Crippen molar-refractivity contribution in [3.63, 3.8) is 0 Å². The molecule has 0 saturated carbocycles. The van der Waals surface area contributed by atoms with Crippen molar-refractivity contribution >= 4 is 37.7 Å². The molecule has 0 unspecified atom stereocenters. The molecule has 196 valence electrons. The van der Waals surface area contributed by atoms with Gasteiger partial charge in [0.15, 0.2) is 8.32 Å². The van der Waals surface area contributed by atoms with Gasteiger partial charge in [0.25, 0.3) is 0 Å². The molecule has 0 N–H and O–H groups in total. The van der Waals surface area contributed by atoms with Gasteiger partial charge in [0.1, 0.15) is 6.10 Å². The van der Waals surface area contributed by atoms with E-state index in [9.17, 15) is 4.57 Å². The Morgan fingerprint density at radius 1 is 0.970 bits per heavy atom. The Morgan fingerprint density at radius 2 is 1.61 bits per heavy atom. The zero-order chi connectivity index (χ0) is 24.5. The third-order valence-corrected chi connectivity index (χ3v) is 15.0. The maximum atomic E-state index is 13.6. The van der Waals surface area contributed by atoms with Gasteiger partial charge in [0.05, 0.1) is 31.5 Å². The van der Waals surface area contributed by atoms with Crippen LogP contribution in [-0.4, -0.2) is 70.7 Å². The van der Waals surface area contributed by atoms with E-state index in [1.807, 2.05) is 6.92 Å². The first-order chi connectivity index (χ1) is 15.5. The van der Waals surface area contributed by atoms with E-state index < -0.39 is 16.1 Å². The van der Waals surface area contributed by atoms with E-state index in [1.165, 1.54) is 0 Å². The van der Waals surface area contributed by atoms with Gasteiger partial charge in [-0.2, -0.15) is 0 Å². The smallest absolute Gasteiger partial charge is 0.411 e. The van der Waals surface area contributed by atoms with Gasteiger partial charge in [0, 0.05) is 31.1 Å². The van der Waals surface area contributed by atoms with Gasteiger partial charge in [-0.3, -0.25) is 13.6 Å². The highest BCUT2D eigenvalue weighted by molar-refractivity contribution is 8.76. The summed E-state index contributed by atoms with van der Waals surface area (Å²) in [6, 6.07) is 0. The topological polar surface area (TPSA) is 72.5 Å². The number of hydrogen-bond donors (Lipinski definition) is 0. The molecule has 0 aromatic rings. The molecule has 0 aliphatic carbocycles. The van der Waals surface area contributed by atoms with Crippen molar-refractivity contribution in [3.05, 3.63) is 0 Å². The Labute approximate surface area is 210 Å². The SMILES string of the molecule is CCCSSCCO[P@@](=O)(OC[C@H]1OCC[C@H]1O[Si](C)(C)C(C)(C)C)O[C@@H]1CCO[C@@H]1CC. The van der Waals surface area contributed by atoms with E-state index in [-0.39, 0.29) is 36.1 Å². The van der Waals surface area contributed by atoms with E-state index in [0.29, 0.717) is 26.2 Å². The van der Waals surface area contributed by atoms with Gasteiger partial charge in [-0.15, -0.1) is 0 Å². The summed E-state index contributed by atoms with van der Waals surface area (Å²) in [5.41, 5.74) is 0. The lowest BCUT2D eigenvalue weighted by atomic mass is 10.1. The zero-order valence-corrected chi connectivity index (χ0v) is 25.0. The Bertz CT molecular complexity index is 620. The Morgan fingerprint density at radius 3 is 2.24 bits per heavy atom. The summed E-state index contributed by atoms with van der Waals surface area (Å²) in [6.07, 6.45) is 2.70. The molecule has 0 spiro atoms. The van der Waals surface area contributed by atoms with E-state index in [0.717, 1.165) is 30.8 Å². The molecular weight excluding hydrogens is 499 g/mol. The van der Waals surface area contributed by atoms with Crippen LogP contribution >= 0.6 is 29.4 Å². The van der Waals surface area contributed by atoms with Crippen molar-refractivity contribution in [2.24, 2.45) is 0 Å². The van der Waals surface area contributed by atoms with Crippen LogP contribution in [-0.2, 0) is 32.0 Å². The predicted molar refractivity (Wildman–Crippen MR) is 141 cm³/mol. The molecule has 2 heterocycles. The molecule has 33 heavy (non-hydrogen) atoms. The summed E-state index contributed by atoms with van der Waals surface area (Å²) in [4.78, 5) is 0. The molecule has 0 aromatic carbocycles. The fourth-order valence-corrected chi connectivity index (χ4v) is 8.30. The van der Waals surface area contributed by atoms with Crippen LogP contribution in [0, 0.1) is 0 Å². The molecule has 2 saturated heterocycles. The number of phosphoric ester groups is 1. The molecule has 0 amide bonds. The molecule has 5 atom stereocenters. The van der Waals surface area contributed by atoms with Crippen molar-refractivity contribution in [1.82, 2.24) is 0 Å². The minimum Gasteiger partial charge on any atom is -0.411 e. The van der Waals surface area contributed by atoms with Crippen LogP contribution in [0.5, 0.6) is 0 Å². The van der Waals surface area contributed by atoms with Crippen LogP contribution in [0.15, 0.2) is 0 Å². The summed E-state index contributed by atoms with van der Waals surface area (Å²) in [5, 5.41) is 0.105. The summed E-state index contributed by atoms with van der Waals surface area (Å²) >= 11 is 0. The second kappa shape index (κ2) is 14.0. The van der Waals surface area contributed by atoms with Gasteiger partial charge >= 0.3 is 7.82 Å². The predicted octanol–water partition coefficient (Wildman–Crippen LogP) is 6.68. The summed E-state index contributed by atoms with van der Waals surface area (Å²) in [5.74, 6) is 1.80. The Kier molecular flexibility index (Phi) is 12.8. The summed E-state index contributed by atoms with van der Waals surface area (Å²) < 4.78 is 49.4. The number of rotatable bonds is 15. The van der Waals surface area contributed by atoms with Gasteiger partial charge in [-0.05, 0) is 37.4 Å².